The van der Waals surface area contributed by atoms with Crippen LogP contribution in [0.25, 0.3) is 0 Å². The summed E-state index contributed by atoms with van der Waals surface area (Å²) in [5.41, 5.74) is 0.363. The highest BCUT2D eigenvalue weighted by Gasteiger charge is 2.41. The molecule has 0 amide bonds. The molecule has 0 saturated carbocycles. The van der Waals surface area contributed by atoms with E-state index in [1.807, 2.05) is 33.9 Å². The number of thioether (sulfide) groups is 1. The summed E-state index contributed by atoms with van der Waals surface area (Å²) in [6, 6.07) is 6.84. The zero-order valence-corrected chi connectivity index (χ0v) is 19.3. The molecule has 0 aromatic heterocycles. The number of carbonyl (C=O) groups excluding carboxylic acids is 3. The quantitative estimate of drug-likeness (QED) is 0.151. The molecular weight excluding hydrogens is 396 g/mol. The van der Waals surface area contributed by atoms with Crippen molar-refractivity contribution in [2.75, 3.05) is 13.7 Å². The van der Waals surface area contributed by atoms with Crippen LogP contribution in [0.4, 0.5) is 0 Å². The Bertz CT molecular complexity index is 764. The molecule has 0 aliphatic carbocycles. The summed E-state index contributed by atoms with van der Waals surface area (Å²) in [5.74, 6) is -2.36. The highest BCUT2D eigenvalue weighted by molar-refractivity contribution is 8.02. The summed E-state index contributed by atoms with van der Waals surface area (Å²) in [6.07, 6.45) is 0. The SMILES string of the molecule is CCOC(=O)C(=O)/C(=C/Sc1ccccc1C(=O)OC)O[Si](C)(C)C(C)(C)C. The largest absolute Gasteiger partial charge is 0.540 e. The number of benzene rings is 1. The van der Waals surface area contributed by atoms with Gasteiger partial charge in [0, 0.05) is 10.3 Å². The molecule has 0 bridgehead atoms. The number of Topliss-reactive ketones (excluding diaryl/α,β-unsaturated/α-hetero) is 1. The second-order valence-electron chi connectivity index (χ2n) is 7.50. The van der Waals surface area contributed by atoms with Gasteiger partial charge in [-0.05, 0) is 37.2 Å². The summed E-state index contributed by atoms with van der Waals surface area (Å²) in [4.78, 5) is 37.1. The molecule has 0 N–H and O–H groups in total. The van der Waals surface area contributed by atoms with Crippen LogP contribution in [-0.2, 0) is 23.5 Å². The average Bonchev–Trinajstić information content (AvgIpc) is 2.63. The number of carbonyl (C=O) groups is 3. The number of hydrogen-bond donors (Lipinski definition) is 0. The van der Waals surface area contributed by atoms with Crippen molar-refractivity contribution < 1.29 is 28.3 Å². The van der Waals surface area contributed by atoms with Gasteiger partial charge in [0.25, 0.3) is 8.32 Å². The molecule has 1 aromatic carbocycles. The molecule has 8 heteroatoms. The second kappa shape index (κ2) is 9.93. The van der Waals surface area contributed by atoms with Crippen LogP contribution in [0, 0.1) is 0 Å². The van der Waals surface area contributed by atoms with Gasteiger partial charge in [-0.2, -0.15) is 0 Å². The van der Waals surface area contributed by atoms with Crippen molar-refractivity contribution in [3.63, 3.8) is 0 Å². The molecular formula is C20H28O6SSi. The van der Waals surface area contributed by atoms with E-state index in [2.05, 4.69) is 0 Å². The first-order valence-electron chi connectivity index (χ1n) is 8.89. The van der Waals surface area contributed by atoms with Gasteiger partial charge in [-0.3, -0.25) is 4.79 Å². The van der Waals surface area contributed by atoms with Gasteiger partial charge >= 0.3 is 17.7 Å². The normalized spacial score (nSPS) is 12.3. The van der Waals surface area contributed by atoms with Crippen molar-refractivity contribution in [1.29, 1.82) is 0 Å². The fourth-order valence-electron chi connectivity index (χ4n) is 1.81. The number of ketones is 1. The van der Waals surface area contributed by atoms with Gasteiger partial charge < -0.3 is 13.9 Å². The Balaban J connectivity index is 3.27. The third-order valence-corrected chi connectivity index (χ3v) is 9.73. The maximum atomic E-state index is 12.6. The van der Waals surface area contributed by atoms with Crippen molar-refractivity contribution in [2.45, 2.75) is 50.7 Å². The molecule has 0 aliphatic heterocycles. The monoisotopic (exact) mass is 424 g/mol. The number of hydrogen-bond acceptors (Lipinski definition) is 7. The molecule has 1 aromatic rings. The Morgan fingerprint density at radius 2 is 1.75 bits per heavy atom. The lowest BCUT2D eigenvalue weighted by molar-refractivity contribution is -0.152. The van der Waals surface area contributed by atoms with Gasteiger partial charge in [0.1, 0.15) is 0 Å². The number of methoxy groups -OCH3 is 1. The summed E-state index contributed by atoms with van der Waals surface area (Å²) >= 11 is 1.12. The molecule has 0 spiro atoms. The van der Waals surface area contributed by atoms with Crippen LogP contribution in [0.3, 0.4) is 0 Å². The minimum Gasteiger partial charge on any atom is -0.540 e. The minimum absolute atomic E-state index is 0.0743. The predicted molar refractivity (Wildman–Crippen MR) is 112 cm³/mol. The highest BCUT2D eigenvalue weighted by Crippen LogP contribution is 2.38. The van der Waals surface area contributed by atoms with Crippen molar-refractivity contribution in [3.8, 4) is 0 Å². The molecule has 28 heavy (non-hydrogen) atoms. The van der Waals surface area contributed by atoms with Gasteiger partial charge in [-0.25, -0.2) is 9.59 Å². The fraction of sp³-hybridized carbons (Fsp3) is 0.450. The Hall–Kier alpha value is -2.06. The van der Waals surface area contributed by atoms with E-state index in [-0.39, 0.29) is 17.4 Å². The number of rotatable bonds is 8. The first-order valence-corrected chi connectivity index (χ1v) is 12.7. The zero-order chi connectivity index (χ0) is 21.5. The van der Waals surface area contributed by atoms with E-state index in [0.717, 1.165) is 11.8 Å². The van der Waals surface area contributed by atoms with Crippen LogP contribution in [0.5, 0.6) is 0 Å². The van der Waals surface area contributed by atoms with E-state index >= 15 is 0 Å². The molecule has 0 saturated heterocycles. The Morgan fingerprint density at radius 3 is 2.29 bits per heavy atom. The van der Waals surface area contributed by atoms with Gasteiger partial charge in [0.05, 0.1) is 19.3 Å². The standard InChI is InChI=1S/C20H28O6SSi/c1-8-25-19(23)17(21)15(26-28(6,7)20(2,3)4)13-27-16-12-10-9-11-14(16)18(22)24-5/h9-13H,8H2,1-7H3/b15-13-. The van der Waals surface area contributed by atoms with Crippen LogP contribution in [-0.4, -0.2) is 39.8 Å². The summed E-state index contributed by atoms with van der Waals surface area (Å²) < 4.78 is 15.7. The van der Waals surface area contributed by atoms with Gasteiger partial charge in [0.2, 0.25) is 0 Å². The van der Waals surface area contributed by atoms with E-state index in [9.17, 15) is 14.4 Å². The Morgan fingerprint density at radius 1 is 1.14 bits per heavy atom. The fourth-order valence-corrected chi connectivity index (χ4v) is 3.73. The first-order chi connectivity index (χ1) is 12.9. The predicted octanol–water partition coefficient (Wildman–Crippen LogP) is 4.56. The van der Waals surface area contributed by atoms with Crippen LogP contribution in [0.2, 0.25) is 18.1 Å². The zero-order valence-electron chi connectivity index (χ0n) is 17.5. The van der Waals surface area contributed by atoms with Gasteiger partial charge in [-0.15, -0.1) is 0 Å². The molecule has 1 rings (SSSR count). The molecule has 6 nitrogen and oxygen atoms in total. The minimum atomic E-state index is -2.38. The Kier molecular flexibility index (Phi) is 8.50. The summed E-state index contributed by atoms with van der Waals surface area (Å²) in [5, 5.41) is 1.29. The lowest BCUT2D eigenvalue weighted by Crippen LogP contribution is -2.42. The first kappa shape index (κ1) is 24.0. The van der Waals surface area contributed by atoms with Crippen LogP contribution < -0.4 is 0 Å². The molecule has 0 heterocycles. The summed E-state index contributed by atoms with van der Waals surface area (Å²) in [6.45, 7) is 11.8. The maximum absolute atomic E-state index is 12.6. The third kappa shape index (κ3) is 6.24. The molecule has 0 radical (unpaired) electrons. The van der Waals surface area contributed by atoms with E-state index in [4.69, 9.17) is 13.9 Å². The molecule has 0 atom stereocenters. The van der Waals surface area contributed by atoms with Crippen molar-refractivity contribution in [1.82, 2.24) is 0 Å². The van der Waals surface area contributed by atoms with Gasteiger partial charge in [-0.1, -0.05) is 44.7 Å². The number of esters is 2. The van der Waals surface area contributed by atoms with Crippen LogP contribution >= 0.6 is 11.8 Å². The molecule has 0 unspecified atom stereocenters. The van der Waals surface area contributed by atoms with E-state index in [1.165, 1.54) is 12.5 Å². The number of ether oxygens (including phenoxy) is 2. The molecule has 154 valence electrons. The van der Waals surface area contributed by atoms with Crippen molar-refractivity contribution in [2.24, 2.45) is 0 Å². The lowest BCUT2D eigenvalue weighted by atomic mass is 10.2. The molecule has 0 fully saturated rings. The van der Waals surface area contributed by atoms with Crippen LogP contribution in [0.15, 0.2) is 40.3 Å². The van der Waals surface area contributed by atoms with Crippen molar-refractivity contribution >= 4 is 37.8 Å². The van der Waals surface area contributed by atoms with E-state index < -0.39 is 26.0 Å². The van der Waals surface area contributed by atoms with Gasteiger partial charge in [0.15, 0.2) is 5.76 Å². The van der Waals surface area contributed by atoms with Crippen molar-refractivity contribution in [3.05, 3.63) is 41.0 Å². The van der Waals surface area contributed by atoms with Crippen LogP contribution in [0.1, 0.15) is 38.1 Å². The topological polar surface area (TPSA) is 78.9 Å². The molecule has 0 aliphatic rings. The summed E-state index contributed by atoms with van der Waals surface area (Å²) in [7, 11) is -1.08. The lowest BCUT2D eigenvalue weighted by Gasteiger charge is -2.36. The Labute approximate surface area is 171 Å². The smallest absolute Gasteiger partial charge is 0.382 e. The highest BCUT2D eigenvalue weighted by atomic mass is 32.2. The van der Waals surface area contributed by atoms with E-state index in [0.29, 0.717) is 10.5 Å². The average molecular weight is 425 g/mol. The third-order valence-electron chi connectivity index (χ3n) is 4.44. The second-order valence-corrected chi connectivity index (χ2v) is 13.1. The van der Waals surface area contributed by atoms with E-state index in [1.54, 1.807) is 31.2 Å². The maximum Gasteiger partial charge on any atom is 0.382 e.